The van der Waals surface area contributed by atoms with E-state index in [0.29, 0.717) is 19.3 Å². The monoisotopic (exact) mass is 1380 g/mol. The van der Waals surface area contributed by atoms with Crippen LogP contribution in [-0.4, -0.2) is 95.9 Å². The van der Waals surface area contributed by atoms with Crippen LogP contribution in [-0.2, 0) is 55.8 Å². The maximum Gasteiger partial charge on any atom is 0.472 e. The third-order valence-electron chi connectivity index (χ3n) is 15.5. The summed E-state index contributed by atoms with van der Waals surface area (Å²) >= 11 is 0. The first-order chi connectivity index (χ1) is 46.2. The number of ether oxygens (including phenoxy) is 3. The Morgan fingerprint density at radius 3 is 0.884 bits per heavy atom. The van der Waals surface area contributed by atoms with Gasteiger partial charge in [0.15, 0.2) is 6.10 Å². The number of hydrogen-bond acceptors (Lipinski definition) is 14. The van der Waals surface area contributed by atoms with Crippen LogP contribution in [0, 0.1) is 0 Å². The summed E-state index contributed by atoms with van der Waals surface area (Å²) in [4.78, 5) is 58.5. The number of carbonyl (C=O) groups excluding carboxylic acids is 3. The van der Waals surface area contributed by atoms with E-state index in [1.54, 1.807) is 0 Å². The number of phosphoric acid groups is 2. The average Bonchev–Trinajstić information content (AvgIpc) is 2.13. The van der Waals surface area contributed by atoms with Crippen LogP contribution < -0.4 is 0 Å². The molecule has 4 N–H and O–H groups in total. The van der Waals surface area contributed by atoms with E-state index in [4.69, 9.17) is 32.3 Å². The van der Waals surface area contributed by atoms with Crippen LogP contribution in [0.5, 0.6) is 0 Å². The summed E-state index contributed by atoms with van der Waals surface area (Å²) in [7, 11) is -9.79. The molecule has 0 aromatic carbocycles. The fourth-order valence-electron chi connectivity index (χ4n) is 9.78. The molecule has 18 heteroatoms. The topological polar surface area (TPSA) is 231 Å². The summed E-state index contributed by atoms with van der Waals surface area (Å²) in [6, 6.07) is 0. The van der Waals surface area contributed by atoms with Gasteiger partial charge in [0.25, 0.3) is 0 Å². The Bertz CT molecular complexity index is 2170. The van der Waals surface area contributed by atoms with E-state index in [-0.39, 0.29) is 19.3 Å². The highest BCUT2D eigenvalue weighted by Gasteiger charge is 2.29. The molecule has 0 heterocycles. The quantitative estimate of drug-likeness (QED) is 0.0146. The Kier molecular flexibility index (Phi) is 67.3. The second-order valence-electron chi connectivity index (χ2n) is 24.7. The lowest BCUT2D eigenvalue weighted by molar-refractivity contribution is -0.161. The lowest BCUT2D eigenvalue weighted by Crippen LogP contribution is -2.30. The van der Waals surface area contributed by atoms with E-state index in [2.05, 4.69) is 130 Å². The van der Waals surface area contributed by atoms with E-state index in [9.17, 15) is 43.5 Å². The minimum atomic E-state index is -4.93. The normalized spacial score (nSPS) is 14.7. The van der Waals surface area contributed by atoms with Gasteiger partial charge in [0.05, 0.1) is 26.4 Å². The standard InChI is InChI=1S/C77H134O16P2/c1-4-7-10-13-16-19-22-25-28-29-30-31-32-33-34-35-36-37-38-39-40-41-44-46-48-51-54-57-60-63-75(80)87-66-72(78)67-89-94(83,84)90-68-73(79)69-91-95(85,86)92-71-74(93-77(82)65-62-59-56-53-50-47-43-27-24-21-18-15-12-9-6-3)70-88-76(81)64-61-58-55-52-49-45-42-26-23-20-17-14-11-8-5-2/h8,11,16-21,25-28,30-31,33-34,42-43,72-74,78-79H,4-7,9-10,12-15,22-24,29,32,35-41,44-71H2,1-3H3,(H,83,84)(H,85,86)/b11-8-,19-16-,20-17-,21-18-,28-25-,31-30-,34-33-,42-26-,43-27-. The first-order valence-corrected chi connectivity index (χ1v) is 40.2. The van der Waals surface area contributed by atoms with Gasteiger partial charge in [-0.15, -0.1) is 0 Å². The number of carbonyl (C=O) groups is 3. The van der Waals surface area contributed by atoms with Gasteiger partial charge in [-0.25, -0.2) is 9.13 Å². The highest BCUT2D eigenvalue weighted by atomic mass is 31.2. The van der Waals surface area contributed by atoms with Crippen LogP contribution in [0.15, 0.2) is 109 Å². The number of rotatable bonds is 70. The summed E-state index contributed by atoms with van der Waals surface area (Å²) in [5, 5.41) is 20.6. The van der Waals surface area contributed by atoms with Crippen molar-refractivity contribution in [2.24, 2.45) is 0 Å². The summed E-state index contributed by atoms with van der Waals surface area (Å²) in [6.45, 7) is 2.48. The first-order valence-electron chi connectivity index (χ1n) is 37.2. The minimum Gasteiger partial charge on any atom is -0.463 e. The first kappa shape index (κ1) is 91.2. The average molecular weight is 1380 g/mol. The summed E-state index contributed by atoms with van der Waals surface area (Å²) < 4.78 is 61.0. The molecule has 0 saturated carbocycles. The number of aliphatic hydroxyl groups excluding tert-OH is 2. The van der Waals surface area contributed by atoms with Gasteiger partial charge in [-0.1, -0.05) is 265 Å². The molecule has 0 bridgehead atoms. The summed E-state index contributed by atoms with van der Waals surface area (Å²) in [6.07, 6.45) is 80.0. The predicted molar refractivity (Wildman–Crippen MR) is 390 cm³/mol. The molecule has 0 aliphatic rings. The van der Waals surface area contributed by atoms with Crippen molar-refractivity contribution in [2.45, 2.75) is 322 Å². The predicted octanol–water partition coefficient (Wildman–Crippen LogP) is 21.2. The fraction of sp³-hybridized carbons (Fsp3) is 0.727. The number of esters is 3. The highest BCUT2D eigenvalue weighted by molar-refractivity contribution is 7.47. The van der Waals surface area contributed by atoms with Crippen molar-refractivity contribution < 1.29 is 75.8 Å². The van der Waals surface area contributed by atoms with Crippen LogP contribution in [0.3, 0.4) is 0 Å². The number of hydrogen-bond donors (Lipinski definition) is 4. The van der Waals surface area contributed by atoms with Crippen molar-refractivity contribution in [1.29, 1.82) is 0 Å². The van der Waals surface area contributed by atoms with E-state index < -0.39 is 91.5 Å². The van der Waals surface area contributed by atoms with E-state index in [1.165, 1.54) is 103 Å². The van der Waals surface area contributed by atoms with E-state index in [0.717, 1.165) is 141 Å². The van der Waals surface area contributed by atoms with Crippen LogP contribution in [0.1, 0.15) is 303 Å². The maximum absolute atomic E-state index is 12.9. The SMILES string of the molecule is CC/C=C\C/C=C\C/C=C\CCCCCCCC(=O)OCC(COP(=O)(O)OCC(O)COP(=O)(O)OCC(O)COC(=O)CCCCCCCCCCCCCCC/C=C\C/C=C\C/C=C\C/C=C\CCCCC)OC(=O)CCCCCCC/C=C\C/C=C\CCCCC. The van der Waals surface area contributed by atoms with Gasteiger partial charge in [0, 0.05) is 19.3 Å². The van der Waals surface area contributed by atoms with Gasteiger partial charge in [0.1, 0.15) is 25.4 Å². The van der Waals surface area contributed by atoms with Crippen molar-refractivity contribution in [3.63, 3.8) is 0 Å². The van der Waals surface area contributed by atoms with Gasteiger partial charge in [-0.3, -0.25) is 32.5 Å². The minimum absolute atomic E-state index is 0.0836. The Morgan fingerprint density at radius 1 is 0.305 bits per heavy atom. The van der Waals surface area contributed by atoms with E-state index in [1.807, 2.05) is 0 Å². The largest absolute Gasteiger partial charge is 0.472 e. The Hall–Kier alpha value is -3.79. The molecular weight excluding hydrogens is 1240 g/mol. The third kappa shape index (κ3) is 71.3. The lowest BCUT2D eigenvalue weighted by Gasteiger charge is -2.21. The zero-order chi connectivity index (χ0) is 69.5. The molecule has 16 nitrogen and oxygen atoms in total. The molecule has 0 saturated heterocycles. The number of aliphatic hydroxyl groups is 2. The molecule has 0 fully saturated rings. The summed E-state index contributed by atoms with van der Waals surface area (Å²) in [5.41, 5.74) is 0. The molecule has 0 aliphatic heterocycles. The smallest absolute Gasteiger partial charge is 0.463 e. The molecule has 0 aromatic heterocycles. The Morgan fingerprint density at radius 2 is 0.558 bits per heavy atom. The Labute approximate surface area is 577 Å². The van der Waals surface area contributed by atoms with Crippen molar-refractivity contribution in [1.82, 2.24) is 0 Å². The van der Waals surface area contributed by atoms with E-state index >= 15 is 0 Å². The maximum atomic E-state index is 12.9. The summed E-state index contributed by atoms with van der Waals surface area (Å²) in [5.74, 6) is -1.61. The fourth-order valence-corrected chi connectivity index (χ4v) is 11.4. The molecule has 548 valence electrons. The molecule has 0 amide bonds. The van der Waals surface area contributed by atoms with Gasteiger partial charge >= 0.3 is 33.6 Å². The zero-order valence-electron chi connectivity index (χ0n) is 59.6. The van der Waals surface area contributed by atoms with Gasteiger partial charge in [0.2, 0.25) is 0 Å². The van der Waals surface area contributed by atoms with Crippen molar-refractivity contribution >= 4 is 33.6 Å². The highest BCUT2D eigenvalue weighted by Crippen LogP contribution is 2.45. The molecule has 95 heavy (non-hydrogen) atoms. The molecule has 5 atom stereocenters. The molecule has 0 spiro atoms. The van der Waals surface area contributed by atoms with Gasteiger partial charge in [-0.05, 0) is 128 Å². The molecular formula is C77H134O16P2. The molecule has 0 aromatic rings. The molecule has 5 unspecified atom stereocenters. The lowest BCUT2D eigenvalue weighted by atomic mass is 10.0. The molecule has 0 rings (SSSR count). The Balaban J connectivity index is 4.49. The van der Waals surface area contributed by atoms with Crippen LogP contribution in [0.2, 0.25) is 0 Å². The zero-order valence-corrected chi connectivity index (χ0v) is 61.4. The van der Waals surface area contributed by atoms with Gasteiger partial charge in [-0.2, -0.15) is 0 Å². The second kappa shape index (κ2) is 70.1. The third-order valence-corrected chi connectivity index (χ3v) is 17.4. The van der Waals surface area contributed by atoms with Crippen LogP contribution in [0.4, 0.5) is 0 Å². The van der Waals surface area contributed by atoms with Gasteiger partial charge < -0.3 is 34.2 Å². The molecule has 0 aliphatic carbocycles. The number of phosphoric ester groups is 2. The van der Waals surface area contributed by atoms with Crippen LogP contribution in [0.25, 0.3) is 0 Å². The second-order valence-corrected chi connectivity index (χ2v) is 27.6. The number of allylic oxidation sites excluding steroid dienone is 18. The van der Waals surface area contributed by atoms with Crippen molar-refractivity contribution in [2.75, 3.05) is 39.6 Å². The van der Waals surface area contributed by atoms with Crippen molar-refractivity contribution in [3.05, 3.63) is 109 Å². The van der Waals surface area contributed by atoms with Crippen molar-refractivity contribution in [3.8, 4) is 0 Å². The van der Waals surface area contributed by atoms with Crippen LogP contribution >= 0.6 is 15.6 Å². The molecule has 0 radical (unpaired) electrons. The number of unbranched alkanes of at least 4 members (excludes halogenated alkanes) is 29.